The Balaban J connectivity index is 2.31. The third-order valence-electron chi connectivity index (χ3n) is 1.35. The number of methoxy groups -OCH3 is 1. The lowest BCUT2D eigenvalue weighted by Crippen LogP contribution is -2.32. The highest BCUT2D eigenvalue weighted by atomic mass is 16.5. The van der Waals surface area contributed by atoms with Crippen molar-refractivity contribution in [3.05, 3.63) is 12.3 Å². The summed E-state index contributed by atoms with van der Waals surface area (Å²) in [4.78, 5) is 0. The lowest BCUT2D eigenvalue weighted by Gasteiger charge is -2.23. The van der Waals surface area contributed by atoms with Gasteiger partial charge in [-0.25, -0.2) is 5.01 Å². The summed E-state index contributed by atoms with van der Waals surface area (Å²) in [6.07, 6.45) is 4.11. The van der Waals surface area contributed by atoms with E-state index in [9.17, 15) is 0 Å². The monoisotopic (exact) mass is 128 g/mol. The lowest BCUT2D eigenvalue weighted by atomic mass is 10.6. The Kier molecular flexibility index (Phi) is 2.08. The van der Waals surface area contributed by atoms with Crippen LogP contribution in [0.25, 0.3) is 0 Å². The van der Waals surface area contributed by atoms with Gasteiger partial charge in [-0.2, -0.15) is 0 Å². The van der Waals surface area contributed by atoms with Crippen LogP contribution in [0.2, 0.25) is 0 Å². The lowest BCUT2D eigenvalue weighted by molar-refractivity contribution is -0.0210. The van der Waals surface area contributed by atoms with Crippen LogP contribution in [0.4, 0.5) is 0 Å². The van der Waals surface area contributed by atoms with Gasteiger partial charge < -0.3 is 4.74 Å². The minimum Gasteiger partial charge on any atom is -0.363 e. The molecule has 0 saturated heterocycles. The minimum atomic E-state index is 0.646. The van der Waals surface area contributed by atoms with E-state index in [1.165, 1.54) is 0 Å². The molecule has 0 aromatic heterocycles. The molecule has 0 spiro atoms. The van der Waals surface area contributed by atoms with Crippen LogP contribution in [0.15, 0.2) is 12.3 Å². The summed E-state index contributed by atoms with van der Waals surface area (Å²) in [5.41, 5.74) is 0. The van der Waals surface area contributed by atoms with Crippen LogP contribution in [0.3, 0.4) is 0 Å². The first-order chi connectivity index (χ1) is 4.34. The smallest absolute Gasteiger partial charge is 0.132 e. The zero-order chi connectivity index (χ0) is 6.69. The molecule has 0 aromatic carbocycles. The molecule has 3 nitrogen and oxygen atoms in total. The van der Waals surface area contributed by atoms with Crippen LogP contribution in [0.5, 0.6) is 0 Å². The van der Waals surface area contributed by atoms with Crippen LogP contribution in [-0.2, 0) is 4.74 Å². The first-order valence-electron chi connectivity index (χ1n) is 2.98. The zero-order valence-electron chi connectivity index (χ0n) is 5.87. The van der Waals surface area contributed by atoms with Gasteiger partial charge in [-0.3, -0.25) is 5.01 Å². The fraction of sp³-hybridized carbons (Fsp3) is 0.667. The van der Waals surface area contributed by atoms with Crippen molar-refractivity contribution in [3.8, 4) is 0 Å². The van der Waals surface area contributed by atoms with Crippen LogP contribution in [0.1, 0.15) is 0 Å². The molecule has 0 aliphatic carbocycles. The zero-order valence-corrected chi connectivity index (χ0v) is 5.87. The van der Waals surface area contributed by atoms with Gasteiger partial charge in [0.05, 0.1) is 0 Å². The summed E-state index contributed by atoms with van der Waals surface area (Å²) in [7, 11) is 3.72. The van der Waals surface area contributed by atoms with E-state index in [2.05, 4.69) is 11.1 Å². The fourth-order valence-electron chi connectivity index (χ4n) is 0.814. The molecule has 0 radical (unpaired) electrons. The molecule has 0 amide bonds. The van der Waals surface area contributed by atoms with Crippen molar-refractivity contribution < 1.29 is 4.74 Å². The first-order valence-corrected chi connectivity index (χ1v) is 2.98. The van der Waals surface area contributed by atoms with Gasteiger partial charge in [-0.05, 0) is 0 Å². The van der Waals surface area contributed by atoms with Crippen molar-refractivity contribution in [3.63, 3.8) is 0 Å². The Labute approximate surface area is 55.5 Å². The van der Waals surface area contributed by atoms with Crippen LogP contribution >= 0.6 is 0 Å². The Morgan fingerprint density at radius 2 is 2.44 bits per heavy atom. The summed E-state index contributed by atoms with van der Waals surface area (Å²) in [6, 6.07) is 0. The molecular formula is C6H12N2O. The van der Waals surface area contributed by atoms with Gasteiger partial charge in [0, 0.05) is 26.9 Å². The van der Waals surface area contributed by atoms with Gasteiger partial charge in [0.25, 0.3) is 0 Å². The van der Waals surface area contributed by atoms with Crippen molar-refractivity contribution in [1.29, 1.82) is 0 Å². The summed E-state index contributed by atoms with van der Waals surface area (Å²) < 4.78 is 4.93. The maximum atomic E-state index is 4.93. The molecule has 0 saturated carbocycles. The van der Waals surface area contributed by atoms with Crippen molar-refractivity contribution in [2.45, 2.75) is 0 Å². The van der Waals surface area contributed by atoms with E-state index in [1.54, 1.807) is 7.11 Å². The fourth-order valence-corrected chi connectivity index (χ4v) is 0.814. The van der Waals surface area contributed by atoms with Gasteiger partial charge in [-0.15, -0.1) is 0 Å². The average Bonchev–Trinajstić information content (AvgIpc) is 2.18. The van der Waals surface area contributed by atoms with E-state index < -0.39 is 0 Å². The second kappa shape index (κ2) is 2.85. The Morgan fingerprint density at radius 3 is 2.89 bits per heavy atom. The van der Waals surface area contributed by atoms with E-state index in [4.69, 9.17) is 4.74 Å². The molecule has 0 unspecified atom stereocenters. The number of hydrogen-bond acceptors (Lipinski definition) is 3. The number of hydrazine groups is 1. The summed E-state index contributed by atoms with van der Waals surface area (Å²) in [5, 5.41) is 4.10. The number of hydrogen-bond donors (Lipinski definition) is 0. The van der Waals surface area contributed by atoms with Crippen molar-refractivity contribution in [2.75, 3.05) is 27.4 Å². The third-order valence-corrected chi connectivity index (χ3v) is 1.35. The minimum absolute atomic E-state index is 0.646. The highest BCUT2D eigenvalue weighted by Crippen LogP contribution is 2.02. The second-order valence-electron chi connectivity index (χ2n) is 2.08. The van der Waals surface area contributed by atoms with Gasteiger partial charge in [0.15, 0.2) is 0 Å². The second-order valence-corrected chi connectivity index (χ2v) is 2.08. The maximum Gasteiger partial charge on any atom is 0.132 e. The predicted octanol–water partition coefficient (Wildman–Crippen LogP) is 0.266. The molecule has 1 heterocycles. The average molecular weight is 128 g/mol. The van der Waals surface area contributed by atoms with Gasteiger partial charge in [0.2, 0.25) is 0 Å². The van der Waals surface area contributed by atoms with E-state index in [1.807, 2.05) is 18.3 Å². The SMILES string of the molecule is COCN1C=CCN1C. The molecule has 1 rings (SSSR count). The standard InChI is InChI=1S/C6H12N2O/c1-7-4-3-5-8(7)6-9-2/h3,5H,4,6H2,1-2H3. The van der Waals surface area contributed by atoms with Crippen LogP contribution in [-0.4, -0.2) is 37.5 Å². The topological polar surface area (TPSA) is 15.7 Å². The van der Waals surface area contributed by atoms with E-state index in [0.717, 1.165) is 6.54 Å². The van der Waals surface area contributed by atoms with Crippen LogP contribution < -0.4 is 0 Å². The first kappa shape index (κ1) is 6.58. The number of rotatable bonds is 2. The molecule has 0 bridgehead atoms. The molecule has 9 heavy (non-hydrogen) atoms. The van der Waals surface area contributed by atoms with Crippen molar-refractivity contribution in [2.24, 2.45) is 0 Å². The van der Waals surface area contributed by atoms with E-state index in [0.29, 0.717) is 6.73 Å². The largest absolute Gasteiger partial charge is 0.363 e. The Bertz CT molecular complexity index is 114. The molecule has 0 aromatic rings. The summed E-state index contributed by atoms with van der Waals surface area (Å²) >= 11 is 0. The van der Waals surface area contributed by atoms with Crippen molar-refractivity contribution in [1.82, 2.24) is 10.0 Å². The number of ether oxygens (including phenoxy) is 1. The Morgan fingerprint density at radius 1 is 1.67 bits per heavy atom. The normalized spacial score (nSPS) is 19.6. The maximum absolute atomic E-state index is 4.93. The van der Waals surface area contributed by atoms with Gasteiger partial charge >= 0.3 is 0 Å². The highest BCUT2D eigenvalue weighted by molar-refractivity contribution is 4.88. The molecule has 3 heteroatoms. The van der Waals surface area contributed by atoms with Crippen LogP contribution in [0, 0.1) is 0 Å². The van der Waals surface area contributed by atoms with Crippen molar-refractivity contribution >= 4 is 0 Å². The third kappa shape index (κ3) is 1.43. The summed E-state index contributed by atoms with van der Waals surface area (Å²) in [5.74, 6) is 0. The van der Waals surface area contributed by atoms with Gasteiger partial charge in [0.1, 0.15) is 6.73 Å². The van der Waals surface area contributed by atoms with Gasteiger partial charge in [-0.1, -0.05) is 6.08 Å². The molecule has 0 atom stereocenters. The molecule has 52 valence electrons. The molecule has 1 aliphatic heterocycles. The molecule has 1 aliphatic rings. The number of nitrogens with zero attached hydrogens (tertiary/aromatic N) is 2. The quantitative estimate of drug-likeness (QED) is 0.530. The summed E-state index contributed by atoms with van der Waals surface area (Å²) in [6.45, 7) is 1.64. The highest BCUT2D eigenvalue weighted by Gasteiger charge is 2.08. The molecular weight excluding hydrogens is 116 g/mol. The van der Waals surface area contributed by atoms with E-state index >= 15 is 0 Å². The Hall–Kier alpha value is -0.540. The molecule has 0 fully saturated rings. The predicted molar refractivity (Wildman–Crippen MR) is 35.5 cm³/mol. The number of likely N-dealkylation sites (N-methyl/N-ethyl adjacent to an activating group) is 1. The van der Waals surface area contributed by atoms with E-state index in [-0.39, 0.29) is 0 Å². The molecule has 0 N–H and O–H groups in total.